The molecule has 168 valence electrons. The Balaban J connectivity index is 1.40. The minimum absolute atomic E-state index is 0.115. The van der Waals surface area contributed by atoms with Crippen LogP contribution >= 0.6 is 0 Å². The summed E-state index contributed by atoms with van der Waals surface area (Å²) in [5.41, 5.74) is 1.54. The number of benzene rings is 2. The summed E-state index contributed by atoms with van der Waals surface area (Å²) in [5.74, 6) is 2.27. The topological polar surface area (TPSA) is 89.8 Å². The monoisotopic (exact) mass is 436 g/mol. The first-order valence-electron chi connectivity index (χ1n) is 11.1. The van der Waals surface area contributed by atoms with Gasteiger partial charge in [-0.15, -0.1) is 0 Å². The Morgan fingerprint density at radius 2 is 1.84 bits per heavy atom. The molecule has 32 heavy (non-hydrogen) atoms. The number of nitriles is 1. The van der Waals surface area contributed by atoms with Crippen LogP contribution in [0.2, 0.25) is 0 Å². The van der Waals surface area contributed by atoms with E-state index in [4.69, 9.17) is 24.2 Å². The van der Waals surface area contributed by atoms with Crippen LogP contribution in [0.15, 0.2) is 36.4 Å². The first-order chi connectivity index (χ1) is 15.6. The van der Waals surface area contributed by atoms with Crippen molar-refractivity contribution in [3.63, 3.8) is 0 Å². The number of amides is 1. The molecule has 0 spiro atoms. The van der Waals surface area contributed by atoms with Gasteiger partial charge in [-0.25, -0.2) is 0 Å². The van der Waals surface area contributed by atoms with E-state index in [1.54, 1.807) is 18.2 Å². The van der Waals surface area contributed by atoms with Crippen LogP contribution < -0.4 is 24.3 Å². The second-order valence-corrected chi connectivity index (χ2v) is 8.12. The van der Waals surface area contributed by atoms with Crippen LogP contribution in [0, 0.1) is 11.3 Å². The van der Waals surface area contributed by atoms with Gasteiger partial charge < -0.3 is 24.3 Å². The van der Waals surface area contributed by atoms with Crippen molar-refractivity contribution in [2.24, 2.45) is 0 Å². The van der Waals surface area contributed by atoms with Gasteiger partial charge in [0.05, 0.1) is 18.2 Å². The summed E-state index contributed by atoms with van der Waals surface area (Å²) in [4.78, 5) is 12.6. The van der Waals surface area contributed by atoms with E-state index in [0.717, 1.165) is 37.2 Å². The van der Waals surface area contributed by atoms with Gasteiger partial charge in [0.2, 0.25) is 0 Å². The fraction of sp³-hybridized carbons (Fsp3) is 0.440. The number of hydrogen-bond donors (Lipinski definition) is 1. The molecule has 0 radical (unpaired) electrons. The maximum Gasteiger partial charge on any atom is 0.257 e. The molecule has 0 bridgehead atoms. The molecule has 1 aliphatic carbocycles. The molecule has 2 aromatic carbocycles. The summed E-state index contributed by atoms with van der Waals surface area (Å²) in [6, 6.07) is 13.1. The molecule has 1 saturated carbocycles. The van der Waals surface area contributed by atoms with Crippen LogP contribution in [0.1, 0.15) is 43.7 Å². The molecule has 1 heterocycles. The van der Waals surface area contributed by atoms with E-state index in [0.29, 0.717) is 43.4 Å². The highest BCUT2D eigenvalue weighted by molar-refractivity contribution is 5.77. The zero-order valence-electron chi connectivity index (χ0n) is 18.3. The zero-order valence-corrected chi connectivity index (χ0v) is 18.3. The quantitative estimate of drug-likeness (QED) is 0.678. The minimum atomic E-state index is -0.194. The SMILES string of the molecule is CCOc1cc(C#N)ccc1OCC(=O)NCC1(c2ccc3c(c2)OCCO3)CCCC1. The third-order valence-electron chi connectivity index (χ3n) is 6.07. The molecule has 1 fully saturated rings. The Kier molecular flexibility index (Phi) is 6.69. The van der Waals surface area contributed by atoms with Crippen LogP contribution in [-0.2, 0) is 10.2 Å². The van der Waals surface area contributed by atoms with Crippen molar-refractivity contribution in [1.29, 1.82) is 5.26 Å². The fourth-order valence-electron chi connectivity index (χ4n) is 4.42. The van der Waals surface area contributed by atoms with Crippen molar-refractivity contribution in [2.45, 2.75) is 38.0 Å². The van der Waals surface area contributed by atoms with Crippen LogP contribution in [0.5, 0.6) is 23.0 Å². The molecule has 0 aromatic heterocycles. The Hall–Kier alpha value is -3.40. The lowest BCUT2D eigenvalue weighted by Gasteiger charge is -2.31. The summed E-state index contributed by atoms with van der Waals surface area (Å²) in [5, 5.41) is 12.1. The first kappa shape index (κ1) is 21.8. The van der Waals surface area contributed by atoms with Crippen molar-refractivity contribution in [1.82, 2.24) is 5.32 Å². The van der Waals surface area contributed by atoms with Crippen molar-refractivity contribution in [2.75, 3.05) is 33.0 Å². The standard InChI is InChI=1S/C25H28N2O5/c1-2-29-22-13-18(15-26)5-7-21(22)32-16-24(28)27-17-25(9-3-4-10-25)19-6-8-20-23(14-19)31-12-11-30-20/h5-8,13-14H,2-4,9-12,16-17H2,1H3,(H,27,28). The van der Waals surface area contributed by atoms with Crippen molar-refractivity contribution in [3.05, 3.63) is 47.5 Å². The Morgan fingerprint density at radius 3 is 2.59 bits per heavy atom. The predicted molar refractivity (Wildman–Crippen MR) is 118 cm³/mol. The number of carbonyl (C=O) groups excluding carboxylic acids is 1. The van der Waals surface area contributed by atoms with Crippen LogP contribution in [-0.4, -0.2) is 38.9 Å². The van der Waals surface area contributed by atoms with Gasteiger partial charge >= 0.3 is 0 Å². The second kappa shape index (κ2) is 9.82. The van der Waals surface area contributed by atoms with Gasteiger partial charge in [0.15, 0.2) is 29.6 Å². The van der Waals surface area contributed by atoms with E-state index < -0.39 is 0 Å². The number of hydrogen-bond acceptors (Lipinski definition) is 6. The summed E-state index contributed by atoms with van der Waals surface area (Å²) in [7, 11) is 0. The van der Waals surface area contributed by atoms with E-state index in [1.165, 1.54) is 5.56 Å². The van der Waals surface area contributed by atoms with Gasteiger partial charge in [0.25, 0.3) is 5.91 Å². The van der Waals surface area contributed by atoms with Crippen LogP contribution in [0.25, 0.3) is 0 Å². The highest BCUT2D eigenvalue weighted by Crippen LogP contribution is 2.43. The van der Waals surface area contributed by atoms with Gasteiger partial charge in [0, 0.05) is 18.0 Å². The molecule has 0 atom stereocenters. The molecule has 7 heteroatoms. The maximum absolute atomic E-state index is 12.6. The largest absolute Gasteiger partial charge is 0.490 e. The summed E-state index contributed by atoms with van der Waals surface area (Å²) >= 11 is 0. The third-order valence-corrected chi connectivity index (χ3v) is 6.07. The molecule has 0 saturated heterocycles. The Morgan fingerprint density at radius 1 is 1.06 bits per heavy atom. The number of nitrogens with zero attached hydrogens (tertiary/aromatic N) is 1. The van der Waals surface area contributed by atoms with Crippen molar-refractivity contribution in [3.8, 4) is 29.1 Å². The summed E-state index contributed by atoms with van der Waals surface area (Å²) in [6.45, 7) is 3.84. The number of nitrogens with one attached hydrogen (secondary N) is 1. The predicted octanol–water partition coefficient (Wildman–Crippen LogP) is 3.74. The van der Waals surface area contributed by atoms with E-state index >= 15 is 0 Å². The van der Waals surface area contributed by atoms with Crippen molar-refractivity contribution < 1.29 is 23.7 Å². The molecule has 4 rings (SSSR count). The molecule has 1 aliphatic heterocycles. The fourth-order valence-corrected chi connectivity index (χ4v) is 4.42. The molecule has 7 nitrogen and oxygen atoms in total. The number of rotatable bonds is 8. The van der Waals surface area contributed by atoms with E-state index in [9.17, 15) is 4.79 Å². The second-order valence-electron chi connectivity index (χ2n) is 8.12. The van der Waals surface area contributed by atoms with Crippen LogP contribution in [0.4, 0.5) is 0 Å². The van der Waals surface area contributed by atoms with E-state index in [1.807, 2.05) is 13.0 Å². The maximum atomic E-state index is 12.6. The van der Waals surface area contributed by atoms with Gasteiger partial charge in [-0.3, -0.25) is 4.79 Å². The Labute approximate surface area is 188 Å². The number of ether oxygens (including phenoxy) is 4. The Bertz CT molecular complexity index is 1010. The highest BCUT2D eigenvalue weighted by atomic mass is 16.6. The van der Waals surface area contributed by atoms with Crippen LogP contribution in [0.3, 0.4) is 0 Å². The molecular weight excluding hydrogens is 408 g/mol. The van der Waals surface area contributed by atoms with Gasteiger partial charge in [-0.1, -0.05) is 18.9 Å². The smallest absolute Gasteiger partial charge is 0.257 e. The van der Waals surface area contributed by atoms with E-state index in [2.05, 4.69) is 23.5 Å². The normalized spacial score (nSPS) is 16.1. The highest BCUT2D eigenvalue weighted by Gasteiger charge is 2.36. The van der Waals surface area contributed by atoms with Crippen molar-refractivity contribution >= 4 is 5.91 Å². The molecule has 2 aromatic rings. The van der Waals surface area contributed by atoms with Gasteiger partial charge in [-0.2, -0.15) is 5.26 Å². The lowest BCUT2D eigenvalue weighted by Crippen LogP contribution is -2.41. The molecule has 0 unspecified atom stereocenters. The summed E-state index contributed by atoms with van der Waals surface area (Å²) < 4.78 is 22.7. The van der Waals surface area contributed by atoms with E-state index in [-0.39, 0.29) is 17.9 Å². The van der Waals surface area contributed by atoms with Gasteiger partial charge in [-0.05, 0) is 49.6 Å². The first-order valence-corrected chi connectivity index (χ1v) is 11.1. The number of carbonyl (C=O) groups is 1. The molecule has 1 amide bonds. The molecular formula is C25H28N2O5. The minimum Gasteiger partial charge on any atom is -0.490 e. The summed E-state index contributed by atoms with van der Waals surface area (Å²) in [6.07, 6.45) is 4.28. The average molecular weight is 437 g/mol. The molecule has 1 N–H and O–H groups in total. The van der Waals surface area contributed by atoms with Gasteiger partial charge in [0.1, 0.15) is 13.2 Å². The lowest BCUT2D eigenvalue weighted by molar-refractivity contribution is -0.123. The zero-order chi connectivity index (χ0) is 22.4. The average Bonchev–Trinajstić information content (AvgIpc) is 3.32. The number of fused-ring (bicyclic) bond motifs is 1. The molecule has 2 aliphatic rings. The lowest BCUT2D eigenvalue weighted by atomic mass is 9.78. The third kappa shape index (κ3) is 4.75.